The van der Waals surface area contributed by atoms with E-state index in [-0.39, 0.29) is 29.9 Å². The van der Waals surface area contributed by atoms with Crippen LogP contribution in [0, 0.1) is 6.92 Å². The summed E-state index contributed by atoms with van der Waals surface area (Å²) in [4.78, 5) is 16.3. The first kappa shape index (κ1) is 19.3. The molecule has 1 amide bonds. The van der Waals surface area contributed by atoms with E-state index in [0.717, 1.165) is 0 Å². The number of amides is 1. The summed E-state index contributed by atoms with van der Waals surface area (Å²) in [6.45, 7) is 1.69. The Labute approximate surface area is 166 Å². The molecule has 0 bridgehead atoms. The van der Waals surface area contributed by atoms with Crippen LogP contribution in [-0.4, -0.2) is 29.9 Å². The fourth-order valence-electron chi connectivity index (χ4n) is 3.91. The third kappa shape index (κ3) is 3.55. The Morgan fingerprint density at radius 3 is 2.90 bits per heavy atom. The van der Waals surface area contributed by atoms with Gasteiger partial charge in [-0.3, -0.25) is 9.78 Å². The molecule has 1 unspecified atom stereocenters. The first-order valence-electron chi connectivity index (χ1n) is 9.35. The van der Waals surface area contributed by atoms with E-state index in [1.165, 1.54) is 0 Å². The molecule has 1 saturated heterocycles. The number of hydrogen-bond donors (Lipinski definition) is 2. The molecule has 0 radical (unpaired) electrons. The van der Waals surface area contributed by atoms with Crippen molar-refractivity contribution in [2.75, 3.05) is 13.1 Å². The van der Waals surface area contributed by atoms with E-state index >= 15 is 0 Å². The van der Waals surface area contributed by atoms with Crippen LogP contribution in [0.3, 0.4) is 0 Å². The van der Waals surface area contributed by atoms with E-state index < -0.39 is 24.3 Å². The van der Waals surface area contributed by atoms with E-state index in [0.29, 0.717) is 29.0 Å². The maximum atomic E-state index is 14.9. The second kappa shape index (κ2) is 7.44. The molecule has 1 aliphatic heterocycles. The Morgan fingerprint density at radius 2 is 2.21 bits per heavy atom. The summed E-state index contributed by atoms with van der Waals surface area (Å²) >= 11 is 0. The van der Waals surface area contributed by atoms with Crippen LogP contribution in [0.1, 0.15) is 39.7 Å². The number of carbonyl (C=O) groups excluding carboxylic acids is 1. The molecule has 6 nitrogen and oxygen atoms in total. The van der Waals surface area contributed by atoms with Crippen LogP contribution in [-0.2, 0) is 6.61 Å². The summed E-state index contributed by atoms with van der Waals surface area (Å²) in [6, 6.07) is 8.61. The number of pyridine rings is 1. The van der Waals surface area contributed by atoms with Crippen LogP contribution < -0.4 is 15.8 Å². The third-order valence-corrected chi connectivity index (χ3v) is 5.21. The van der Waals surface area contributed by atoms with Crippen molar-refractivity contribution in [3.05, 3.63) is 59.1 Å². The summed E-state index contributed by atoms with van der Waals surface area (Å²) in [7, 11) is 0. The zero-order valence-corrected chi connectivity index (χ0v) is 15.9. The van der Waals surface area contributed by atoms with Gasteiger partial charge in [-0.2, -0.15) is 0 Å². The number of fused-ring (bicyclic) bond motifs is 1. The van der Waals surface area contributed by atoms with Crippen molar-refractivity contribution < 1.29 is 22.7 Å². The van der Waals surface area contributed by atoms with Gasteiger partial charge in [0.1, 0.15) is 23.7 Å². The van der Waals surface area contributed by atoms with Gasteiger partial charge in [-0.05, 0) is 44.2 Å². The average molecular weight is 401 g/mol. The minimum atomic E-state index is -3.02. The largest absolute Gasteiger partial charge is 0.487 e. The van der Waals surface area contributed by atoms with Gasteiger partial charge in [0.2, 0.25) is 0 Å². The third-order valence-electron chi connectivity index (χ3n) is 5.21. The van der Waals surface area contributed by atoms with Crippen LogP contribution in [0.15, 0.2) is 40.9 Å². The highest BCUT2D eigenvalue weighted by Crippen LogP contribution is 2.47. The van der Waals surface area contributed by atoms with Crippen molar-refractivity contribution in [2.24, 2.45) is 5.73 Å². The number of piperidine rings is 1. The van der Waals surface area contributed by atoms with Gasteiger partial charge in [0.15, 0.2) is 0 Å². The summed E-state index contributed by atoms with van der Waals surface area (Å²) in [5.74, 6) is -4.30. The topological polar surface area (TPSA) is 90.4 Å². The molecule has 1 fully saturated rings. The fraction of sp³-hybridized carbons (Fsp3) is 0.333. The highest BCUT2D eigenvalue weighted by atomic mass is 19.3. The summed E-state index contributed by atoms with van der Waals surface area (Å²) in [6.07, 6.45) is 1.82. The Morgan fingerprint density at radius 1 is 1.38 bits per heavy atom. The zero-order valence-electron chi connectivity index (χ0n) is 15.9. The van der Waals surface area contributed by atoms with E-state index in [1.807, 2.05) is 6.07 Å². The van der Waals surface area contributed by atoms with Crippen molar-refractivity contribution in [3.63, 3.8) is 0 Å². The van der Waals surface area contributed by atoms with Crippen molar-refractivity contribution in [1.29, 1.82) is 0 Å². The molecular formula is C21H21F2N3O3. The molecule has 29 heavy (non-hydrogen) atoms. The summed E-state index contributed by atoms with van der Waals surface area (Å²) in [5, 5.41) is 3.03. The highest BCUT2D eigenvalue weighted by Gasteiger charge is 2.45. The maximum Gasteiger partial charge on any atom is 0.267 e. The zero-order chi connectivity index (χ0) is 20.6. The maximum absolute atomic E-state index is 14.9. The van der Waals surface area contributed by atoms with Crippen LogP contribution in [0.25, 0.3) is 11.0 Å². The number of benzene rings is 1. The minimum Gasteiger partial charge on any atom is -0.487 e. The highest BCUT2D eigenvalue weighted by molar-refractivity contribution is 6.08. The first-order chi connectivity index (χ1) is 13.9. The molecule has 3 N–H and O–H groups in total. The lowest BCUT2D eigenvalue weighted by atomic mass is 9.83. The minimum absolute atomic E-state index is 0.110. The molecule has 152 valence electrons. The number of primary amides is 1. The van der Waals surface area contributed by atoms with Crippen molar-refractivity contribution >= 4 is 16.9 Å². The SMILES string of the molecule is Cc1oc2ccc(OCc3ccccn3)c(C3CCNCC3(F)F)c2c1C(N)=O. The number of nitrogens with zero attached hydrogens (tertiary/aromatic N) is 1. The Bertz CT molecular complexity index is 1050. The molecule has 3 heterocycles. The quantitative estimate of drug-likeness (QED) is 0.683. The van der Waals surface area contributed by atoms with Crippen LogP contribution >= 0.6 is 0 Å². The smallest absolute Gasteiger partial charge is 0.267 e. The molecule has 0 spiro atoms. The normalized spacial score (nSPS) is 18.7. The number of nitrogens with one attached hydrogen (secondary N) is 1. The lowest BCUT2D eigenvalue weighted by molar-refractivity contribution is -0.0423. The van der Waals surface area contributed by atoms with Gasteiger partial charge in [-0.1, -0.05) is 6.07 Å². The fourth-order valence-corrected chi connectivity index (χ4v) is 3.91. The number of carbonyl (C=O) groups is 1. The predicted molar refractivity (Wildman–Crippen MR) is 103 cm³/mol. The number of ether oxygens (including phenoxy) is 1. The Balaban J connectivity index is 1.88. The van der Waals surface area contributed by atoms with Gasteiger partial charge in [0.05, 0.1) is 23.7 Å². The second-order valence-corrected chi connectivity index (χ2v) is 7.14. The Kier molecular flexibility index (Phi) is 4.96. The average Bonchev–Trinajstić information content (AvgIpc) is 3.03. The van der Waals surface area contributed by atoms with Gasteiger partial charge in [0, 0.05) is 17.1 Å². The van der Waals surface area contributed by atoms with Crippen molar-refractivity contribution in [1.82, 2.24) is 10.3 Å². The number of halogens is 2. The Hall–Kier alpha value is -3.00. The molecule has 1 aromatic carbocycles. The van der Waals surface area contributed by atoms with E-state index in [4.69, 9.17) is 14.9 Å². The number of nitrogens with two attached hydrogens (primary N) is 1. The van der Waals surface area contributed by atoms with E-state index in [1.54, 1.807) is 37.4 Å². The van der Waals surface area contributed by atoms with Gasteiger partial charge in [0.25, 0.3) is 11.8 Å². The first-order valence-corrected chi connectivity index (χ1v) is 9.35. The molecule has 2 aromatic heterocycles. The lowest BCUT2D eigenvalue weighted by Crippen LogP contribution is -2.44. The predicted octanol–water partition coefficient (Wildman–Crippen LogP) is 3.53. The van der Waals surface area contributed by atoms with Gasteiger partial charge >= 0.3 is 0 Å². The molecule has 1 aliphatic rings. The molecular weight excluding hydrogens is 380 g/mol. The summed E-state index contributed by atoms with van der Waals surface area (Å²) in [5.41, 5.74) is 6.93. The van der Waals surface area contributed by atoms with Gasteiger partial charge < -0.3 is 20.2 Å². The van der Waals surface area contributed by atoms with Gasteiger partial charge in [-0.25, -0.2) is 8.78 Å². The number of hydrogen-bond acceptors (Lipinski definition) is 5. The monoisotopic (exact) mass is 401 g/mol. The van der Waals surface area contributed by atoms with Crippen molar-refractivity contribution in [3.8, 4) is 5.75 Å². The lowest BCUT2D eigenvalue weighted by Gasteiger charge is -2.33. The van der Waals surface area contributed by atoms with E-state index in [9.17, 15) is 13.6 Å². The van der Waals surface area contributed by atoms with Crippen LogP contribution in [0.4, 0.5) is 8.78 Å². The molecule has 4 rings (SSSR count). The molecule has 0 aliphatic carbocycles. The summed E-state index contributed by atoms with van der Waals surface area (Å²) < 4.78 is 41.3. The molecule has 8 heteroatoms. The molecule has 0 saturated carbocycles. The number of furan rings is 1. The number of aryl methyl sites for hydroxylation is 1. The van der Waals surface area contributed by atoms with E-state index in [2.05, 4.69) is 10.3 Å². The van der Waals surface area contributed by atoms with Gasteiger partial charge in [-0.15, -0.1) is 0 Å². The number of alkyl halides is 2. The second-order valence-electron chi connectivity index (χ2n) is 7.14. The molecule has 3 aromatic rings. The number of aromatic nitrogens is 1. The molecule has 1 atom stereocenters. The van der Waals surface area contributed by atoms with Crippen LogP contribution in [0.5, 0.6) is 5.75 Å². The standard InChI is InChI=1S/C21H21F2N3O3/c1-12-17(20(24)27)19-16(29-12)6-5-15(28-10-13-4-2-3-8-26-13)18(19)14-7-9-25-11-21(14,22)23/h2-6,8,14,25H,7,9-11H2,1H3,(H2,24,27). The number of rotatable bonds is 5. The van der Waals surface area contributed by atoms with Crippen LogP contribution in [0.2, 0.25) is 0 Å². The van der Waals surface area contributed by atoms with Crippen molar-refractivity contribution in [2.45, 2.75) is 31.8 Å².